The molecule has 0 bridgehead atoms. The molecule has 3 aromatic rings. The molecule has 0 spiro atoms. The van der Waals surface area contributed by atoms with E-state index in [1.165, 1.54) is 13.3 Å². The number of methoxy groups -OCH3 is 1. The number of rotatable bonds is 8. The van der Waals surface area contributed by atoms with Gasteiger partial charge in [0, 0.05) is 5.39 Å². The predicted octanol–water partition coefficient (Wildman–Crippen LogP) is 3.28. The highest BCUT2D eigenvalue weighted by atomic mass is 16.5. The Morgan fingerprint density at radius 2 is 1.90 bits per heavy atom. The lowest BCUT2D eigenvalue weighted by Gasteiger charge is -2.09. The average molecular weight is 389 g/mol. The van der Waals surface area contributed by atoms with Crippen LogP contribution in [0.15, 0.2) is 65.8 Å². The Hall–Kier alpha value is -4.05. The summed E-state index contributed by atoms with van der Waals surface area (Å²) in [4.78, 5) is 12.0. The van der Waals surface area contributed by atoms with Gasteiger partial charge in [0.2, 0.25) is 0 Å². The lowest BCUT2D eigenvalue weighted by molar-refractivity contribution is -0.123. The number of nitriles is 1. The van der Waals surface area contributed by atoms with Gasteiger partial charge in [-0.1, -0.05) is 36.4 Å². The normalized spacial score (nSPS) is 10.5. The van der Waals surface area contributed by atoms with E-state index in [1.807, 2.05) is 48.5 Å². The van der Waals surface area contributed by atoms with Crippen LogP contribution in [0.25, 0.3) is 10.8 Å². The van der Waals surface area contributed by atoms with Gasteiger partial charge in [0.25, 0.3) is 5.91 Å². The first-order valence-electron chi connectivity index (χ1n) is 8.81. The van der Waals surface area contributed by atoms with Crippen LogP contribution in [0, 0.1) is 11.3 Å². The number of ether oxygens (including phenoxy) is 3. The van der Waals surface area contributed by atoms with E-state index < -0.39 is 0 Å². The summed E-state index contributed by atoms with van der Waals surface area (Å²) in [6.07, 6.45) is 1.48. The van der Waals surface area contributed by atoms with Crippen LogP contribution in [-0.4, -0.2) is 32.4 Å². The molecule has 1 N–H and O–H groups in total. The molecule has 29 heavy (non-hydrogen) atoms. The molecule has 0 aliphatic rings. The number of hydrogen-bond acceptors (Lipinski definition) is 6. The third kappa shape index (κ3) is 5.23. The zero-order chi connectivity index (χ0) is 20.5. The van der Waals surface area contributed by atoms with Crippen LogP contribution in [0.2, 0.25) is 0 Å². The van der Waals surface area contributed by atoms with E-state index in [1.54, 1.807) is 18.2 Å². The Bertz CT molecular complexity index is 1070. The van der Waals surface area contributed by atoms with Crippen molar-refractivity contribution in [2.75, 3.05) is 20.3 Å². The smallest absolute Gasteiger partial charge is 0.277 e. The Morgan fingerprint density at radius 3 is 2.72 bits per heavy atom. The second kappa shape index (κ2) is 9.76. The largest absolute Gasteiger partial charge is 0.493 e. The molecule has 0 unspecified atom stereocenters. The Labute approximate surface area is 168 Å². The molecule has 0 heterocycles. The van der Waals surface area contributed by atoms with E-state index in [4.69, 9.17) is 19.5 Å². The van der Waals surface area contributed by atoms with Crippen LogP contribution in [0.4, 0.5) is 0 Å². The summed E-state index contributed by atoms with van der Waals surface area (Å²) in [5, 5.41) is 14.5. The van der Waals surface area contributed by atoms with Crippen molar-refractivity contribution < 1.29 is 19.0 Å². The van der Waals surface area contributed by atoms with E-state index in [0.717, 1.165) is 10.8 Å². The molecular formula is C22H19N3O4. The molecule has 0 aromatic heterocycles. The number of hydrogen-bond donors (Lipinski definition) is 1. The minimum atomic E-state index is -0.380. The standard InChI is InChI=1S/C22H19N3O4/c1-27-21-13-16(9-10-20(21)28-12-11-23)14-24-25-22(26)15-29-19-8-4-6-17-5-2-3-7-18(17)19/h2-10,13-14H,12,15H2,1H3,(H,25,26)/b24-14+. The third-order valence-electron chi connectivity index (χ3n) is 3.99. The van der Waals surface area contributed by atoms with E-state index in [0.29, 0.717) is 22.8 Å². The van der Waals surface area contributed by atoms with Crippen molar-refractivity contribution in [2.24, 2.45) is 5.10 Å². The van der Waals surface area contributed by atoms with Crippen LogP contribution in [0.3, 0.4) is 0 Å². The van der Waals surface area contributed by atoms with Crippen molar-refractivity contribution in [1.82, 2.24) is 5.43 Å². The highest BCUT2D eigenvalue weighted by Crippen LogP contribution is 2.27. The summed E-state index contributed by atoms with van der Waals surface area (Å²) in [6, 6.07) is 20.5. The average Bonchev–Trinajstić information content (AvgIpc) is 2.76. The first-order valence-corrected chi connectivity index (χ1v) is 8.81. The number of nitrogens with one attached hydrogen (secondary N) is 1. The predicted molar refractivity (Wildman–Crippen MR) is 109 cm³/mol. The molecular weight excluding hydrogens is 370 g/mol. The second-order valence-corrected chi connectivity index (χ2v) is 5.92. The maximum atomic E-state index is 12.0. The molecule has 0 radical (unpaired) electrons. The van der Waals surface area contributed by atoms with E-state index in [-0.39, 0.29) is 19.1 Å². The lowest BCUT2D eigenvalue weighted by Crippen LogP contribution is -2.24. The number of carbonyl (C=O) groups is 1. The Kier molecular flexibility index (Phi) is 6.63. The van der Waals surface area contributed by atoms with Crippen LogP contribution >= 0.6 is 0 Å². The molecule has 7 nitrogen and oxygen atoms in total. The SMILES string of the molecule is COc1cc(/C=N/NC(=O)COc2cccc3ccccc23)ccc1OCC#N. The van der Waals surface area contributed by atoms with Crippen LogP contribution in [-0.2, 0) is 4.79 Å². The van der Waals surface area contributed by atoms with Crippen molar-refractivity contribution in [2.45, 2.75) is 0 Å². The zero-order valence-electron chi connectivity index (χ0n) is 15.8. The first kappa shape index (κ1) is 19.7. The van der Waals surface area contributed by atoms with Gasteiger partial charge in [0.1, 0.15) is 11.8 Å². The van der Waals surface area contributed by atoms with E-state index in [9.17, 15) is 4.79 Å². The van der Waals surface area contributed by atoms with Crippen molar-refractivity contribution in [3.63, 3.8) is 0 Å². The molecule has 146 valence electrons. The van der Waals surface area contributed by atoms with Gasteiger partial charge in [-0.3, -0.25) is 4.79 Å². The summed E-state index contributed by atoms with van der Waals surface area (Å²) in [5.41, 5.74) is 3.12. The summed E-state index contributed by atoms with van der Waals surface area (Å²) >= 11 is 0. The minimum absolute atomic E-state index is 0.0729. The molecule has 7 heteroatoms. The Balaban J connectivity index is 1.56. The van der Waals surface area contributed by atoms with Gasteiger partial charge in [-0.15, -0.1) is 0 Å². The van der Waals surface area contributed by atoms with Gasteiger partial charge in [-0.2, -0.15) is 10.4 Å². The molecule has 3 aromatic carbocycles. The maximum absolute atomic E-state index is 12.0. The van der Waals surface area contributed by atoms with Crippen LogP contribution in [0.1, 0.15) is 5.56 Å². The van der Waals surface area contributed by atoms with E-state index in [2.05, 4.69) is 10.5 Å². The summed E-state index contributed by atoms with van der Waals surface area (Å²) < 4.78 is 16.1. The number of amides is 1. The van der Waals surface area contributed by atoms with Crippen molar-refractivity contribution in [3.05, 3.63) is 66.2 Å². The first-order chi connectivity index (χ1) is 14.2. The number of nitrogens with zero attached hydrogens (tertiary/aromatic N) is 2. The van der Waals surface area contributed by atoms with Gasteiger partial charge in [-0.05, 0) is 35.2 Å². The number of fused-ring (bicyclic) bond motifs is 1. The van der Waals surface area contributed by atoms with Gasteiger partial charge in [-0.25, -0.2) is 5.43 Å². The molecule has 3 rings (SSSR count). The minimum Gasteiger partial charge on any atom is -0.493 e. The number of hydrazone groups is 1. The van der Waals surface area contributed by atoms with Crippen LogP contribution < -0.4 is 19.6 Å². The Morgan fingerprint density at radius 1 is 1.07 bits per heavy atom. The van der Waals surface area contributed by atoms with Gasteiger partial charge in [0.15, 0.2) is 24.7 Å². The molecule has 1 amide bonds. The molecule has 0 aliphatic heterocycles. The van der Waals surface area contributed by atoms with Gasteiger partial charge >= 0.3 is 0 Å². The summed E-state index contributed by atoms with van der Waals surface area (Å²) in [7, 11) is 1.50. The molecule has 0 aliphatic carbocycles. The third-order valence-corrected chi connectivity index (χ3v) is 3.99. The topological polar surface area (TPSA) is 92.9 Å². The molecule has 0 saturated heterocycles. The van der Waals surface area contributed by atoms with Gasteiger partial charge < -0.3 is 14.2 Å². The van der Waals surface area contributed by atoms with Crippen LogP contribution in [0.5, 0.6) is 17.2 Å². The highest BCUT2D eigenvalue weighted by Gasteiger charge is 2.06. The summed E-state index contributed by atoms with van der Waals surface area (Å²) in [6.45, 7) is -0.230. The van der Waals surface area contributed by atoms with Gasteiger partial charge in [0.05, 0.1) is 13.3 Å². The van der Waals surface area contributed by atoms with Crippen molar-refractivity contribution in [1.29, 1.82) is 5.26 Å². The fourth-order valence-electron chi connectivity index (χ4n) is 2.67. The lowest BCUT2D eigenvalue weighted by atomic mass is 10.1. The molecule has 0 atom stereocenters. The zero-order valence-corrected chi connectivity index (χ0v) is 15.8. The summed E-state index contributed by atoms with van der Waals surface area (Å²) in [5.74, 6) is 1.18. The molecule has 0 saturated carbocycles. The number of benzene rings is 3. The monoisotopic (exact) mass is 389 g/mol. The highest BCUT2D eigenvalue weighted by molar-refractivity contribution is 5.89. The number of carbonyl (C=O) groups excluding carboxylic acids is 1. The maximum Gasteiger partial charge on any atom is 0.277 e. The van der Waals surface area contributed by atoms with Crippen molar-refractivity contribution >= 4 is 22.9 Å². The molecule has 0 fully saturated rings. The van der Waals surface area contributed by atoms with E-state index >= 15 is 0 Å². The fraction of sp³-hybridized carbons (Fsp3) is 0.136. The second-order valence-electron chi connectivity index (χ2n) is 5.92. The fourth-order valence-corrected chi connectivity index (χ4v) is 2.67. The quantitative estimate of drug-likeness (QED) is 0.471. The van der Waals surface area contributed by atoms with Crippen molar-refractivity contribution in [3.8, 4) is 23.3 Å².